The highest BCUT2D eigenvalue weighted by molar-refractivity contribution is 5.75. The summed E-state index contributed by atoms with van der Waals surface area (Å²) in [4.78, 5) is 14.6. The van der Waals surface area contributed by atoms with E-state index in [1.165, 1.54) is 0 Å². The number of anilines is 1. The van der Waals surface area contributed by atoms with Crippen LogP contribution >= 0.6 is 0 Å². The van der Waals surface area contributed by atoms with Crippen LogP contribution in [0.3, 0.4) is 0 Å². The van der Waals surface area contributed by atoms with Crippen LogP contribution in [0.1, 0.15) is 0 Å². The summed E-state index contributed by atoms with van der Waals surface area (Å²) in [6.07, 6.45) is 3.24. The van der Waals surface area contributed by atoms with Crippen LogP contribution in [0.5, 0.6) is 0 Å². The van der Waals surface area contributed by atoms with E-state index in [0.29, 0.717) is 36.1 Å². The Morgan fingerprint density at radius 2 is 1.68 bits per heavy atom. The molecule has 0 atom stereocenters. The molecule has 0 radical (unpaired) electrons. The Kier molecular flexibility index (Phi) is 4.27. The van der Waals surface area contributed by atoms with E-state index in [9.17, 15) is 0 Å². The number of aromatic nitrogens is 3. The molecule has 2 heterocycles. The largest absolute Gasteiger partial charge is 0.436 e. The van der Waals surface area contributed by atoms with Gasteiger partial charge in [-0.15, -0.1) is 0 Å². The Morgan fingerprint density at radius 1 is 1.00 bits per heavy atom. The summed E-state index contributed by atoms with van der Waals surface area (Å²) in [5.41, 5.74) is 2.17. The minimum atomic E-state index is -0.0315. The lowest BCUT2D eigenvalue weighted by Crippen LogP contribution is -2.31. The van der Waals surface area contributed by atoms with Crippen molar-refractivity contribution in [2.75, 3.05) is 31.2 Å². The molecule has 7 nitrogen and oxygen atoms in total. The third-order valence-electron chi connectivity index (χ3n) is 3.20. The number of hydrogen-bond acceptors (Lipinski definition) is 7. The maximum absolute atomic E-state index is 9.03. The van der Waals surface area contributed by atoms with Gasteiger partial charge in [0, 0.05) is 25.5 Å². The van der Waals surface area contributed by atoms with Crippen molar-refractivity contribution in [2.45, 2.75) is 0 Å². The van der Waals surface area contributed by atoms with E-state index in [1.807, 2.05) is 24.3 Å². The van der Waals surface area contributed by atoms with Crippen LogP contribution in [0.15, 0.2) is 41.1 Å². The highest BCUT2D eigenvalue weighted by Gasteiger charge is 2.12. The van der Waals surface area contributed by atoms with Crippen molar-refractivity contribution >= 4 is 17.0 Å². The fraction of sp³-hybridized carbons (Fsp3) is 0.267. The molecule has 0 aliphatic carbocycles. The highest BCUT2D eigenvalue weighted by Crippen LogP contribution is 2.23. The first-order chi connectivity index (χ1) is 10.8. The second-order valence-corrected chi connectivity index (χ2v) is 4.69. The van der Waals surface area contributed by atoms with Crippen LogP contribution in [-0.2, 0) is 0 Å². The Morgan fingerprint density at radius 3 is 2.32 bits per heavy atom. The molecule has 0 saturated heterocycles. The molecule has 2 aromatic heterocycles. The van der Waals surface area contributed by atoms with E-state index in [0.717, 1.165) is 5.52 Å². The molecule has 0 amide bonds. The Bertz CT molecular complexity index is 703. The lowest BCUT2D eigenvalue weighted by atomic mass is 10.3. The summed E-state index contributed by atoms with van der Waals surface area (Å²) in [5.74, 6) is 0.909. The van der Waals surface area contributed by atoms with Crippen molar-refractivity contribution in [3.8, 4) is 11.5 Å². The molecule has 0 unspecified atom stereocenters. The first-order valence-corrected chi connectivity index (χ1v) is 6.96. The molecule has 22 heavy (non-hydrogen) atoms. The van der Waals surface area contributed by atoms with Gasteiger partial charge in [0.2, 0.25) is 11.8 Å². The van der Waals surface area contributed by atoms with Crippen molar-refractivity contribution in [3.05, 3.63) is 36.7 Å². The summed E-state index contributed by atoms with van der Waals surface area (Å²) in [6, 6.07) is 7.52. The number of para-hydroxylation sites is 2. The number of hydrogen-bond donors (Lipinski definition) is 2. The third-order valence-corrected chi connectivity index (χ3v) is 3.20. The van der Waals surface area contributed by atoms with Crippen LogP contribution < -0.4 is 4.90 Å². The molecule has 0 aliphatic heterocycles. The average molecular weight is 300 g/mol. The Labute approximate surface area is 126 Å². The molecule has 114 valence electrons. The van der Waals surface area contributed by atoms with Gasteiger partial charge in [-0.2, -0.15) is 0 Å². The van der Waals surface area contributed by atoms with Crippen molar-refractivity contribution in [2.24, 2.45) is 0 Å². The molecule has 2 N–H and O–H groups in total. The van der Waals surface area contributed by atoms with Crippen LogP contribution in [0.25, 0.3) is 22.6 Å². The molecule has 1 aromatic carbocycles. The highest BCUT2D eigenvalue weighted by atomic mass is 16.3. The Balaban J connectivity index is 1.86. The number of fused-ring (bicyclic) bond motifs is 1. The number of nitrogens with zero attached hydrogens (tertiary/aromatic N) is 4. The zero-order chi connectivity index (χ0) is 15.4. The summed E-state index contributed by atoms with van der Waals surface area (Å²) >= 11 is 0. The van der Waals surface area contributed by atoms with Gasteiger partial charge in [0.05, 0.1) is 18.8 Å². The van der Waals surface area contributed by atoms with Gasteiger partial charge in [0.15, 0.2) is 5.58 Å². The quantitative estimate of drug-likeness (QED) is 0.703. The van der Waals surface area contributed by atoms with Crippen molar-refractivity contribution in [1.29, 1.82) is 0 Å². The van der Waals surface area contributed by atoms with Gasteiger partial charge >= 0.3 is 0 Å². The van der Waals surface area contributed by atoms with Crippen LogP contribution in [0.4, 0.5) is 5.95 Å². The van der Waals surface area contributed by atoms with Gasteiger partial charge in [0.25, 0.3) is 0 Å². The first-order valence-electron chi connectivity index (χ1n) is 6.96. The zero-order valence-corrected chi connectivity index (χ0v) is 11.9. The normalized spacial score (nSPS) is 11.0. The summed E-state index contributed by atoms with van der Waals surface area (Å²) in [7, 11) is 0. The number of benzene rings is 1. The van der Waals surface area contributed by atoms with Gasteiger partial charge in [-0.3, -0.25) is 0 Å². The minimum absolute atomic E-state index is 0.0315. The second-order valence-electron chi connectivity index (χ2n) is 4.69. The molecule has 0 aliphatic rings. The van der Waals surface area contributed by atoms with Gasteiger partial charge < -0.3 is 19.5 Å². The number of aliphatic hydroxyl groups excluding tert-OH is 2. The molecule has 7 heteroatoms. The lowest BCUT2D eigenvalue weighted by molar-refractivity contribution is 0.280. The first kappa shape index (κ1) is 14.4. The molecule has 0 spiro atoms. The summed E-state index contributed by atoms with van der Waals surface area (Å²) < 4.78 is 5.66. The van der Waals surface area contributed by atoms with Crippen LogP contribution in [0.2, 0.25) is 0 Å². The van der Waals surface area contributed by atoms with E-state index in [2.05, 4.69) is 15.0 Å². The van der Waals surface area contributed by atoms with Gasteiger partial charge in [0.1, 0.15) is 5.52 Å². The monoisotopic (exact) mass is 300 g/mol. The van der Waals surface area contributed by atoms with E-state index in [4.69, 9.17) is 14.6 Å². The SMILES string of the molecule is OCCN(CCO)c1ncc(-c2nc3ccccc3o2)cn1. The number of oxazole rings is 1. The van der Waals surface area contributed by atoms with E-state index >= 15 is 0 Å². The molecule has 0 fully saturated rings. The fourth-order valence-corrected chi connectivity index (χ4v) is 2.14. The van der Waals surface area contributed by atoms with Crippen molar-refractivity contribution < 1.29 is 14.6 Å². The maximum atomic E-state index is 9.03. The van der Waals surface area contributed by atoms with Crippen molar-refractivity contribution in [3.63, 3.8) is 0 Å². The molecule has 0 saturated carbocycles. The second kappa shape index (κ2) is 6.50. The zero-order valence-electron chi connectivity index (χ0n) is 11.9. The maximum Gasteiger partial charge on any atom is 0.230 e. The van der Waals surface area contributed by atoms with Crippen molar-refractivity contribution in [1.82, 2.24) is 15.0 Å². The lowest BCUT2D eigenvalue weighted by Gasteiger charge is -2.20. The van der Waals surface area contributed by atoms with Gasteiger partial charge in [-0.05, 0) is 12.1 Å². The van der Waals surface area contributed by atoms with Gasteiger partial charge in [-0.1, -0.05) is 12.1 Å². The van der Waals surface area contributed by atoms with Crippen LogP contribution in [0, 0.1) is 0 Å². The molecular formula is C15H16N4O3. The smallest absolute Gasteiger partial charge is 0.230 e. The van der Waals surface area contributed by atoms with E-state index in [-0.39, 0.29) is 13.2 Å². The predicted molar refractivity (Wildman–Crippen MR) is 81.4 cm³/mol. The predicted octanol–water partition coefficient (Wildman–Crippen LogP) is 1.08. The molecule has 3 aromatic rings. The topological polar surface area (TPSA) is 95.5 Å². The van der Waals surface area contributed by atoms with E-state index < -0.39 is 0 Å². The third kappa shape index (κ3) is 2.90. The average Bonchev–Trinajstić information content (AvgIpc) is 2.99. The fourth-order valence-electron chi connectivity index (χ4n) is 2.14. The molecule has 3 rings (SSSR count). The summed E-state index contributed by atoms with van der Waals surface area (Å²) in [5, 5.41) is 18.1. The number of aliphatic hydroxyl groups is 2. The summed E-state index contributed by atoms with van der Waals surface area (Å²) in [6.45, 7) is 0.665. The minimum Gasteiger partial charge on any atom is -0.436 e. The van der Waals surface area contributed by atoms with E-state index in [1.54, 1.807) is 17.3 Å². The van der Waals surface area contributed by atoms with Gasteiger partial charge in [-0.25, -0.2) is 15.0 Å². The number of rotatable bonds is 6. The molecular weight excluding hydrogens is 284 g/mol. The molecule has 0 bridgehead atoms. The standard InChI is InChI=1S/C15H16N4O3/c20-7-5-19(6-8-21)15-16-9-11(10-17-15)14-18-12-3-1-2-4-13(12)22-14/h1-4,9-10,20-21H,5-8H2. The Hall–Kier alpha value is -2.51. The van der Waals surface area contributed by atoms with Crippen LogP contribution in [-0.4, -0.2) is 51.5 Å².